The van der Waals surface area contributed by atoms with Crippen molar-refractivity contribution in [2.24, 2.45) is 0 Å². The summed E-state index contributed by atoms with van der Waals surface area (Å²) in [5.41, 5.74) is 1.46. The first-order valence-corrected chi connectivity index (χ1v) is 8.49. The van der Waals surface area contributed by atoms with Crippen LogP contribution in [-0.2, 0) is 0 Å². The highest BCUT2D eigenvalue weighted by Gasteiger charge is 2.10. The molecule has 0 bridgehead atoms. The van der Waals surface area contributed by atoms with Gasteiger partial charge in [0.1, 0.15) is 11.9 Å². The zero-order chi connectivity index (χ0) is 19.8. The number of carbonyl (C=O) groups excluding carboxylic acids is 2. The number of nitrogens with one attached hydrogen (secondary N) is 3. The molecule has 0 saturated heterocycles. The first-order valence-electron chi connectivity index (χ1n) is 8.49. The Labute approximate surface area is 161 Å². The fraction of sp³-hybridized carbons (Fsp3) is 0.100. The molecular formula is C20H17N5O3. The second-order valence-corrected chi connectivity index (χ2v) is 5.70. The summed E-state index contributed by atoms with van der Waals surface area (Å²) < 4.78 is 5.03. The fourth-order valence-corrected chi connectivity index (χ4v) is 2.40. The van der Waals surface area contributed by atoms with Crippen molar-refractivity contribution in [1.29, 1.82) is 5.26 Å². The maximum absolute atomic E-state index is 12.2. The summed E-state index contributed by atoms with van der Waals surface area (Å²) in [4.78, 5) is 28.2. The molecular weight excluding hydrogens is 358 g/mol. The molecule has 140 valence electrons. The SMILES string of the molecule is N#Cc1cccnc1NCCNC(=O)c1ccc(NC(=O)c2ccco2)cc1. The number of hydrogen-bond donors (Lipinski definition) is 3. The van der Waals surface area contributed by atoms with E-state index in [0.717, 1.165) is 0 Å². The van der Waals surface area contributed by atoms with Crippen LogP contribution in [0.25, 0.3) is 0 Å². The van der Waals surface area contributed by atoms with Gasteiger partial charge >= 0.3 is 0 Å². The zero-order valence-electron chi connectivity index (χ0n) is 14.8. The van der Waals surface area contributed by atoms with E-state index in [1.165, 1.54) is 6.26 Å². The van der Waals surface area contributed by atoms with Gasteiger partial charge in [0.15, 0.2) is 5.76 Å². The third kappa shape index (κ3) is 4.74. The van der Waals surface area contributed by atoms with Crippen LogP contribution in [0, 0.1) is 11.3 Å². The molecule has 3 N–H and O–H groups in total. The number of hydrogen-bond acceptors (Lipinski definition) is 6. The molecule has 2 heterocycles. The van der Waals surface area contributed by atoms with Crippen molar-refractivity contribution < 1.29 is 14.0 Å². The summed E-state index contributed by atoms with van der Waals surface area (Å²) in [5.74, 6) is 0.0875. The summed E-state index contributed by atoms with van der Waals surface area (Å²) in [6, 6.07) is 15.1. The molecule has 0 unspecified atom stereocenters. The minimum atomic E-state index is -0.362. The molecule has 2 amide bonds. The molecule has 0 fully saturated rings. The topological polar surface area (TPSA) is 120 Å². The van der Waals surface area contributed by atoms with Gasteiger partial charge < -0.3 is 20.4 Å². The minimum absolute atomic E-state index is 0.210. The van der Waals surface area contributed by atoms with Crippen LogP contribution in [0.3, 0.4) is 0 Å². The quantitative estimate of drug-likeness (QED) is 0.546. The number of furan rings is 1. The van der Waals surface area contributed by atoms with Gasteiger partial charge in [-0.15, -0.1) is 0 Å². The Hall–Kier alpha value is -4.12. The summed E-state index contributed by atoms with van der Waals surface area (Å²) in [6.07, 6.45) is 3.01. The number of rotatable bonds is 7. The molecule has 2 aromatic heterocycles. The largest absolute Gasteiger partial charge is 0.459 e. The van der Waals surface area contributed by atoms with Crippen LogP contribution in [-0.4, -0.2) is 29.9 Å². The van der Waals surface area contributed by atoms with Crippen molar-refractivity contribution in [3.63, 3.8) is 0 Å². The molecule has 3 rings (SSSR count). The molecule has 28 heavy (non-hydrogen) atoms. The summed E-state index contributed by atoms with van der Waals surface area (Å²) in [5, 5.41) is 17.5. The third-order valence-electron chi connectivity index (χ3n) is 3.78. The van der Waals surface area contributed by atoms with Gasteiger partial charge in [0, 0.05) is 30.5 Å². The van der Waals surface area contributed by atoms with Crippen molar-refractivity contribution in [2.75, 3.05) is 23.7 Å². The van der Waals surface area contributed by atoms with E-state index < -0.39 is 0 Å². The summed E-state index contributed by atoms with van der Waals surface area (Å²) in [6.45, 7) is 0.784. The summed E-state index contributed by atoms with van der Waals surface area (Å²) in [7, 11) is 0. The average molecular weight is 375 g/mol. The number of anilines is 2. The lowest BCUT2D eigenvalue weighted by atomic mass is 10.2. The number of nitriles is 1. The first kappa shape index (κ1) is 18.7. The minimum Gasteiger partial charge on any atom is -0.459 e. The average Bonchev–Trinajstić information content (AvgIpc) is 3.27. The van der Waals surface area contributed by atoms with E-state index in [0.29, 0.717) is 35.7 Å². The first-order chi connectivity index (χ1) is 13.7. The number of benzene rings is 1. The molecule has 0 saturated carbocycles. The lowest BCUT2D eigenvalue weighted by molar-refractivity contribution is 0.0954. The number of aromatic nitrogens is 1. The zero-order valence-corrected chi connectivity index (χ0v) is 14.8. The maximum atomic E-state index is 12.2. The molecule has 0 aliphatic rings. The van der Waals surface area contributed by atoms with Gasteiger partial charge in [-0.3, -0.25) is 9.59 Å². The Morgan fingerprint density at radius 2 is 1.86 bits per heavy atom. The number of amides is 2. The highest BCUT2D eigenvalue weighted by atomic mass is 16.3. The van der Waals surface area contributed by atoms with Gasteiger partial charge in [0.25, 0.3) is 11.8 Å². The van der Waals surface area contributed by atoms with Crippen LogP contribution in [0.5, 0.6) is 0 Å². The van der Waals surface area contributed by atoms with Crippen LogP contribution >= 0.6 is 0 Å². The maximum Gasteiger partial charge on any atom is 0.291 e. The Morgan fingerprint density at radius 1 is 1.04 bits per heavy atom. The van der Waals surface area contributed by atoms with Crippen LogP contribution in [0.1, 0.15) is 26.5 Å². The molecule has 0 atom stereocenters. The van der Waals surface area contributed by atoms with E-state index in [1.807, 2.05) is 0 Å². The Morgan fingerprint density at radius 3 is 2.57 bits per heavy atom. The monoisotopic (exact) mass is 375 g/mol. The second-order valence-electron chi connectivity index (χ2n) is 5.70. The standard InChI is InChI=1S/C20H17N5O3/c21-13-15-3-1-9-22-18(15)23-10-11-24-19(26)14-5-7-16(8-6-14)25-20(27)17-4-2-12-28-17/h1-9,12H,10-11H2,(H,22,23)(H,24,26)(H,25,27). The van der Waals surface area contributed by atoms with Crippen LogP contribution in [0.15, 0.2) is 65.4 Å². The lowest BCUT2D eigenvalue weighted by Gasteiger charge is -2.09. The molecule has 0 radical (unpaired) electrons. The second kappa shape index (κ2) is 9.00. The van der Waals surface area contributed by atoms with Gasteiger partial charge in [0.2, 0.25) is 0 Å². The molecule has 0 aliphatic carbocycles. The van der Waals surface area contributed by atoms with Crippen molar-refractivity contribution >= 4 is 23.3 Å². The van der Waals surface area contributed by atoms with Gasteiger partial charge in [0.05, 0.1) is 11.8 Å². The Balaban J connectivity index is 1.47. The van der Waals surface area contributed by atoms with Gasteiger partial charge in [-0.2, -0.15) is 5.26 Å². The van der Waals surface area contributed by atoms with E-state index >= 15 is 0 Å². The van der Waals surface area contributed by atoms with E-state index in [1.54, 1.807) is 54.7 Å². The number of nitrogens with zero attached hydrogens (tertiary/aromatic N) is 2. The van der Waals surface area contributed by atoms with Gasteiger partial charge in [-0.1, -0.05) is 0 Å². The molecule has 8 nitrogen and oxygen atoms in total. The van der Waals surface area contributed by atoms with Crippen molar-refractivity contribution in [1.82, 2.24) is 10.3 Å². The van der Waals surface area contributed by atoms with Gasteiger partial charge in [-0.25, -0.2) is 4.98 Å². The van der Waals surface area contributed by atoms with Crippen LogP contribution in [0.4, 0.5) is 11.5 Å². The third-order valence-corrected chi connectivity index (χ3v) is 3.78. The van der Waals surface area contributed by atoms with Crippen molar-refractivity contribution in [3.05, 3.63) is 77.9 Å². The van der Waals surface area contributed by atoms with E-state index in [4.69, 9.17) is 9.68 Å². The normalized spacial score (nSPS) is 9.96. The molecule has 0 aliphatic heterocycles. The van der Waals surface area contributed by atoms with Crippen LogP contribution < -0.4 is 16.0 Å². The number of pyridine rings is 1. The highest BCUT2D eigenvalue weighted by Crippen LogP contribution is 2.12. The lowest BCUT2D eigenvalue weighted by Crippen LogP contribution is -2.29. The van der Waals surface area contributed by atoms with E-state index in [9.17, 15) is 9.59 Å². The predicted molar refractivity (Wildman–Crippen MR) is 103 cm³/mol. The van der Waals surface area contributed by atoms with E-state index in [2.05, 4.69) is 27.0 Å². The molecule has 0 spiro atoms. The Bertz CT molecular complexity index is 991. The summed E-state index contributed by atoms with van der Waals surface area (Å²) >= 11 is 0. The van der Waals surface area contributed by atoms with Gasteiger partial charge in [-0.05, 0) is 48.5 Å². The molecule has 1 aromatic carbocycles. The highest BCUT2D eigenvalue weighted by molar-refractivity contribution is 6.02. The Kier molecular flexibility index (Phi) is 6.00. The van der Waals surface area contributed by atoms with E-state index in [-0.39, 0.29) is 17.6 Å². The van der Waals surface area contributed by atoms with Crippen molar-refractivity contribution in [2.45, 2.75) is 0 Å². The number of carbonyl (C=O) groups is 2. The van der Waals surface area contributed by atoms with Crippen molar-refractivity contribution in [3.8, 4) is 6.07 Å². The molecule has 3 aromatic rings. The predicted octanol–water partition coefficient (Wildman–Crippen LogP) is 2.64. The smallest absolute Gasteiger partial charge is 0.291 e. The molecule has 8 heteroatoms. The van der Waals surface area contributed by atoms with Crippen LogP contribution in [0.2, 0.25) is 0 Å². The fourth-order valence-electron chi connectivity index (χ4n) is 2.40.